The lowest BCUT2D eigenvalue weighted by atomic mass is 9.82. The lowest BCUT2D eigenvalue weighted by Crippen LogP contribution is -2.39. The molecule has 9 aromatic carbocycles. The number of rotatable bonds is 34. The number of phenolic OH excluding ortho intramolecular Hbond substituents is 2. The third-order valence-electron chi connectivity index (χ3n) is 24.8. The molecule has 1 heterocycles. The lowest BCUT2D eigenvalue weighted by Gasteiger charge is -2.25. The highest BCUT2D eigenvalue weighted by Crippen LogP contribution is 2.48. The summed E-state index contributed by atoms with van der Waals surface area (Å²) in [5.74, 6) is 0.893. The second kappa shape index (κ2) is 80.2. The highest BCUT2D eigenvalue weighted by molar-refractivity contribution is 7.87. The van der Waals surface area contributed by atoms with E-state index in [1.165, 1.54) is 110 Å². The molecule has 0 spiro atoms. The minimum Gasteiger partial charge on any atom is -0.743 e. The molecule has 20 heteroatoms. The molecule has 1 fully saturated rings. The third kappa shape index (κ3) is 53.9. The third-order valence-corrected chi connectivity index (χ3v) is 28.0. The van der Waals surface area contributed by atoms with Gasteiger partial charge in [0.25, 0.3) is 0 Å². The number of fused-ring (bicyclic) bond motifs is 3. The van der Waals surface area contributed by atoms with Crippen LogP contribution in [0.3, 0.4) is 0 Å². The number of halogens is 2. The number of hydrogen-bond donors (Lipinski definition) is 3. The number of esters is 4. The summed E-state index contributed by atoms with van der Waals surface area (Å²) in [6.07, 6.45) is 17.0. The number of thiophene rings is 1. The Labute approximate surface area is 895 Å². The van der Waals surface area contributed by atoms with Gasteiger partial charge in [-0.3, -0.25) is 14.4 Å². The molecular formula is C126H210F2O16S2. The number of ether oxygens (including phenoxy) is 6. The summed E-state index contributed by atoms with van der Waals surface area (Å²) in [4.78, 5) is 47.6. The quantitative estimate of drug-likeness (QED) is 0.00848. The van der Waals surface area contributed by atoms with Gasteiger partial charge in [-0.2, -0.15) is 8.78 Å². The van der Waals surface area contributed by atoms with E-state index in [9.17, 15) is 40.9 Å². The number of aryl methyl sites for hydroxylation is 1. The van der Waals surface area contributed by atoms with Crippen molar-refractivity contribution < 1.29 is 84.7 Å². The first-order valence-corrected chi connectivity index (χ1v) is 49.9. The van der Waals surface area contributed by atoms with Gasteiger partial charge < -0.3 is 48.3 Å². The summed E-state index contributed by atoms with van der Waals surface area (Å²) in [5.41, 5.74) is 8.67. The molecule has 11 rings (SSSR count). The summed E-state index contributed by atoms with van der Waals surface area (Å²) >= 11 is 0. The first kappa shape index (κ1) is 159. The first-order valence-electron chi connectivity index (χ1n) is 47.3. The molecule has 146 heavy (non-hydrogen) atoms. The Hall–Kier alpha value is -9.83. The number of aromatic hydroxyl groups is 2. The second-order valence-electron chi connectivity index (χ2n) is 36.6. The van der Waals surface area contributed by atoms with Crippen LogP contribution in [0.2, 0.25) is 0 Å². The highest BCUT2D eigenvalue weighted by atomic mass is 32.2. The highest BCUT2D eigenvalue weighted by Gasteiger charge is 2.48. The summed E-state index contributed by atoms with van der Waals surface area (Å²) < 4.78 is 89.9. The Morgan fingerprint density at radius 2 is 0.801 bits per heavy atom. The molecule has 836 valence electrons. The minimum absolute atomic E-state index is 0. The van der Waals surface area contributed by atoms with Crippen LogP contribution in [0.15, 0.2) is 231 Å². The molecule has 1 aromatic heterocycles. The molecule has 0 aliphatic heterocycles. The zero-order valence-electron chi connectivity index (χ0n) is 82.8. The molecule has 0 saturated heterocycles. The normalized spacial score (nSPS) is 12.3. The van der Waals surface area contributed by atoms with Gasteiger partial charge in [0.1, 0.15) is 42.7 Å². The number of aliphatic hydroxyl groups excluding tert-OH is 1. The molecule has 16 nitrogen and oxygen atoms in total. The zero-order valence-corrected chi connectivity index (χ0v) is 84.5. The summed E-state index contributed by atoms with van der Waals surface area (Å²) in [6, 6.07) is 78.2. The number of benzene rings is 9. The maximum atomic E-state index is 12.7. The van der Waals surface area contributed by atoms with Gasteiger partial charge in [0, 0.05) is 27.8 Å². The first-order chi connectivity index (χ1) is 62.4. The molecule has 1 aliphatic rings. The Kier molecular flexibility index (Phi) is 87.2. The van der Waals surface area contributed by atoms with Crippen LogP contribution >= 0.6 is 10.5 Å². The van der Waals surface area contributed by atoms with Crippen LogP contribution in [-0.4, -0.2) is 90.1 Å². The molecule has 0 radical (unpaired) electrons. The SMILES string of the molecule is C.C.C.C.C.C.C.C.C.C.C.C.C.C.CCC(C)(C)C(=O)OC(C)c1ccc(C)cc1.CCC(C)(C)C(=O)OCCOC(=O)C(F)(F)S(=O)(=O)[O-].CCC(C)(C)c1ccccc1.CCC(C)c1ccc(O)cc1.CCC(C)c1ccc(O)cc1.CCC(C)c1ccc(OC(C)OCCC2CCCCC2)cc1.CCCC(OC(=O)C(C)(C)CC)c1ccccc1.OCCc1ccc(-[s+]2c3ccccc3c3ccccc32)cc1. The van der Waals surface area contributed by atoms with E-state index in [4.69, 9.17) is 34.3 Å². The molecule has 0 amide bonds. The van der Waals surface area contributed by atoms with Crippen LogP contribution in [0.25, 0.3) is 25.1 Å². The van der Waals surface area contributed by atoms with Crippen LogP contribution in [0.1, 0.15) is 420 Å². The number of carbonyl (C=O) groups excluding carboxylic acids is 4. The van der Waals surface area contributed by atoms with Gasteiger partial charge in [-0.1, -0.05) is 396 Å². The number of alkyl halides is 2. The monoisotopic (exact) mass is 2080 g/mol. The van der Waals surface area contributed by atoms with Gasteiger partial charge in [0.15, 0.2) is 30.7 Å². The molecule has 6 atom stereocenters. The fourth-order valence-corrected chi connectivity index (χ4v) is 15.9. The van der Waals surface area contributed by atoms with Crippen LogP contribution in [0.5, 0.6) is 17.2 Å². The van der Waals surface area contributed by atoms with Crippen molar-refractivity contribution in [3.63, 3.8) is 0 Å². The average Bonchev–Trinajstić information content (AvgIpc) is 1.60. The summed E-state index contributed by atoms with van der Waals surface area (Å²) in [7, 11) is -6.16. The Balaban J connectivity index is -0.000000158. The van der Waals surface area contributed by atoms with Gasteiger partial charge in [-0.15, -0.1) is 0 Å². The van der Waals surface area contributed by atoms with Crippen LogP contribution in [0, 0.1) is 29.1 Å². The Morgan fingerprint density at radius 3 is 1.18 bits per heavy atom. The van der Waals surface area contributed by atoms with Crippen molar-refractivity contribution in [1.29, 1.82) is 0 Å². The van der Waals surface area contributed by atoms with E-state index in [-0.39, 0.29) is 151 Å². The van der Waals surface area contributed by atoms with E-state index in [1.807, 2.05) is 141 Å². The lowest BCUT2D eigenvalue weighted by molar-refractivity contribution is -0.167. The van der Waals surface area contributed by atoms with Crippen molar-refractivity contribution in [3.05, 3.63) is 275 Å². The number of phenols is 2. The van der Waals surface area contributed by atoms with E-state index >= 15 is 0 Å². The number of carbonyl (C=O) groups is 4. The molecular weight excluding hydrogens is 1870 g/mol. The summed E-state index contributed by atoms with van der Waals surface area (Å²) in [5, 5.41) is 24.6. The van der Waals surface area contributed by atoms with E-state index < -0.39 is 56.8 Å². The van der Waals surface area contributed by atoms with Gasteiger partial charge in [-0.05, 0) is 267 Å². The van der Waals surface area contributed by atoms with Crippen molar-refractivity contribution >= 4 is 64.6 Å². The standard InChI is InChI=1S/C20H32O2.C20H17OS.C16H24O2.C15H22O2.C11H16.C10H16F2O7S.2C10H14O.14CH4/c1-4-16(2)19-10-12-20(13-11-19)22-17(3)21-15-14-18-8-6-5-7-9-18;21-14-13-15-9-11-16(12-10-15)22-19-7-3-1-5-17(19)18-6-2-4-8-20(18)22;1-5-10-14(13-11-8-7-9-12-13)18-15(17)16(3,4)6-2;1-6-15(4,5)14(16)17-12(3)13-9-7-11(2)8-10-13;1-4-11(2,3)10-8-6-5-7-9-10;1-4-9(2,3)7(13)18-5-6-19-8(14)10(11,12)20(15,16)17;2*1-3-8(2)9-4-6-10(11)7-5-9;;;;;;;;;;;;;;/h10-13,16-18H,4-9,14-15H2,1-3H3;1-12,21H,13-14H2;7-9,11-12,14H,5-6,10H2,1-4H3;7-10,12H,6H2,1-5H3;5-9H,4H2,1-3H3;4-6H2,1-3H3,(H,15,16,17);2*4-8,11H,3H2,1-2H3;14*1H4/q;+1;;;;;;;;;;;;;;;;;;;;/p-1. The van der Waals surface area contributed by atoms with Crippen LogP contribution in [0.4, 0.5) is 8.78 Å². The predicted molar refractivity (Wildman–Crippen MR) is 631 cm³/mol. The summed E-state index contributed by atoms with van der Waals surface area (Å²) in [6.45, 7) is 44.4. The van der Waals surface area contributed by atoms with E-state index in [1.54, 1.807) is 45.0 Å². The minimum atomic E-state index is -6.15. The van der Waals surface area contributed by atoms with Crippen LogP contribution in [-0.2, 0) is 64.8 Å². The Bertz CT molecular complexity index is 4950. The molecule has 1 aliphatic carbocycles. The Morgan fingerprint density at radius 1 is 0.432 bits per heavy atom. The molecule has 10 aromatic rings. The van der Waals surface area contributed by atoms with Gasteiger partial charge in [0.05, 0.1) is 22.9 Å². The number of aliphatic hydroxyl groups is 1. The predicted octanol–water partition coefficient (Wildman–Crippen LogP) is 38.5. The zero-order chi connectivity index (χ0) is 98.4. The van der Waals surface area contributed by atoms with E-state index in [2.05, 4.69) is 206 Å². The largest absolute Gasteiger partial charge is 0.743 e. The topological polar surface area (TPSA) is 242 Å². The molecule has 3 N–H and O–H groups in total. The van der Waals surface area contributed by atoms with Crippen molar-refractivity contribution in [2.45, 2.75) is 406 Å². The van der Waals surface area contributed by atoms with Gasteiger partial charge in [-0.25, -0.2) is 13.2 Å². The fraction of sp³-hybridized carbons (Fsp3) is 0.540. The maximum absolute atomic E-state index is 12.7. The van der Waals surface area contributed by atoms with Crippen molar-refractivity contribution in [2.75, 3.05) is 26.4 Å². The van der Waals surface area contributed by atoms with Crippen molar-refractivity contribution in [2.24, 2.45) is 22.2 Å². The average molecular weight is 2080 g/mol. The van der Waals surface area contributed by atoms with Gasteiger partial charge >= 0.3 is 29.1 Å². The second-order valence-corrected chi connectivity index (χ2v) is 39.9. The molecule has 1 saturated carbocycles. The molecule has 0 bridgehead atoms. The smallest absolute Gasteiger partial charge is 0.428 e. The van der Waals surface area contributed by atoms with Crippen molar-refractivity contribution in [1.82, 2.24) is 0 Å². The molecule has 6 unspecified atom stereocenters. The maximum Gasteiger partial charge on any atom is 0.428 e. The van der Waals surface area contributed by atoms with Crippen LogP contribution < -0.4 is 4.74 Å². The van der Waals surface area contributed by atoms with Gasteiger partial charge in [0.2, 0.25) is 0 Å². The van der Waals surface area contributed by atoms with E-state index in [0.717, 1.165) is 74.3 Å². The fourth-order valence-electron chi connectivity index (χ4n) is 13.2. The number of hydrogen-bond acceptors (Lipinski definition) is 16. The van der Waals surface area contributed by atoms with E-state index in [0.29, 0.717) is 41.1 Å². The van der Waals surface area contributed by atoms with Crippen molar-refractivity contribution in [3.8, 4) is 22.1 Å².